The van der Waals surface area contributed by atoms with Crippen molar-refractivity contribution in [3.8, 4) is 0 Å². The first-order valence-corrected chi connectivity index (χ1v) is 5.07. The van der Waals surface area contributed by atoms with E-state index in [9.17, 15) is 4.79 Å². The van der Waals surface area contributed by atoms with E-state index in [1.54, 1.807) is 18.3 Å². The van der Waals surface area contributed by atoms with Crippen LogP contribution < -0.4 is 11.1 Å². The number of rotatable bonds is 4. The Kier molecular flexibility index (Phi) is 4.24. The van der Waals surface area contributed by atoms with Crippen molar-refractivity contribution in [3.63, 3.8) is 0 Å². The van der Waals surface area contributed by atoms with Crippen molar-refractivity contribution in [2.75, 3.05) is 5.32 Å². The number of aromatic nitrogens is 1. The van der Waals surface area contributed by atoms with Crippen molar-refractivity contribution in [2.24, 2.45) is 11.7 Å². The van der Waals surface area contributed by atoms with Gasteiger partial charge in [0.05, 0.1) is 6.04 Å². The number of nitrogens with zero attached hydrogens (tertiary/aromatic N) is 1. The second kappa shape index (κ2) is 5.46. The number of hydrogen-bond donors (Lipinski definition) is 2. The van der Waals surface area contributed by atoms with E-state index in [1.807, 2.05) is 19.9 Å². The van der Waals surface area contributed by atoms with Crippen molar-refractivity contribution in [2.45, 2.75) is 26.3 Å². The third-order valence-corrected chi connectivity index (χ3v) is 1.98. The highest BCUT2D eigenvalue weighted by Crippen LogP contribution is 2.06. The second-order valence-corrected chi connectivity index (χ2v) is 3.94. The molecular formula is C11H17N3O. The molecule has 0 radical (unpaired) electrons. The van der Waals surface area contributed by atoms with Crippen LogP contribution in [0.15, 0.2) is 24.4 Å². The lowest BCUT2D eigenvalue weighted by Crippen LogP contribution is -2.36. The lowest BCUT2D eigenvalue weighted by molar-refractivity contribution is -0.117. The second-order valence-electron chi connectivity index (χ2n) is 3.94. The monoisotopic (exact) mass is 207 g/mol. The molecule has 3 N–H and O–H groups in total. The van der Waals surface area contributed by atoms with E-state index in [1.165, 1.54) is 0 Å². The molecule has 4 heteroatoms. The summed E-state index contributed by atoms with van der Waals surface area (Å²) in [4.78, 5) is 15.6. The van der Waals surface area contributed by atoms with Gasteiger partial charge in [-0.1, -0.05) is 19.9 Å². The van der Waals surface area contributed by atoms with Crippen LogP contribution in [0.1, 0.15) is 20.3 Å². The topological polar surface area (TPSA) is 68.0 Å². The molecule has 0 aromatic carbocycles. The van der Waals surface area contributed by atoms with Gasteiger partial charge in [-0.2, -0.15) is 0 Å². The Bertz CT molecular complexity index is 311. The van der Waals surface area contributed by atoms with E-state index in [2.05, 4.69) is 10.3 Å². The molecule has 0 aliphatic carbocycles. The lowest BCUT2D eigenvalue weighted by atomic mass is 10.0. The van der Waals surface area contributed by atoms with E-state index in [-0.39, 0.29) is 5.91 Å². The normalized spacial score (nSPS) is 12.5. The minimum Gasteiger partial charge on any atom is -0.320 e. The van der Waals surface area contributed by atoms with Gasteiger partial charge in [0.25, 0.3) is 0 Å². The Labute approximate surface area is 89.9 Å². The van der Waals surface area contributed by atoms with E-state index in [0.29, 0.717) is 18.2 Å². The maximum absolute atomic E-state index is 11.6. The van der Waals surface area contributed by atoms with Crippen molar-refractivity contribution < 1.29 is 4.79 Å². The quantitative estimate of drug-likeness (QED) is 0.784. The summed E-state index contributed by atoms with van der Waals surface area (Å²) < 4.78 is 0. The van der Waals surface area contributed by atoms with Crippen LogP contribution in [0.2, 0.25) is 0 Å². The summed E-state index contributed by atoms with van der Waals surface area (Å²) in [5.74, 6) is 0.776. The highest BCUT2D eigenvalue weighted by atomic mass is 16.2. The largest absolute Gasteiger partial charge is 0.320 e. The Hall–Kier alpha value is -1.42. The van der Waals surface area contributed by atoms with Gasteiger partial charge >= 0.3 is 0 Å². The molecule has 15 heavy (non-hydrogen) atoms. The molecule has 1 atom stereocenters. The minimum absolute atomic E-state index is 0.178. The molecule has 4 nitrogen and oxygen atoms in total. The van der Waals surface area contributed by atoms with Crippen molar-refractivity contribution in [1.29, 1.82) is 0 Å². The van der Waals surface area contributed by atoms with Gasteiger partial charge in [-0.05, 0) is 24.5 Å². The number of amides is 1. The van der Waals surface area contributed by atoms with Crippen LogP contribution in [0, 0.1) is 5.92 Å². The predicted molar refractivity (Wildman–Crippen MR) is 60.3 cm³/mol. The molecule has 0 aliphatic rings. The zero-order valence-electron chi connectivity index (χ0n) is 9.10. The van der Waals surface area contributed by atoms with Crippen LogP contribution in [0.25, 0.3) is 0 Å². The maximum Gasteiger partial charge on any atom is 0.242 e. The van der Waals surface area contributed by atoms with E-state index >= 15 is 0 Å². The average molecular weight is 207 g/mol. The van der Waals surface area contributed by atoms with E-state index < -0.39 is 6.04 Å². The molecule has 0 saturated heterocycles. The van der Waals surface area contributed by atoms with Crippen molar-refractivity contribution >= 4 is 11.7 Å². The van der Waals surface area contributed by atoms with Gasteiger partial charge in [0.1, 0.15) is 5.82 Å². The van der Waals surface area contributed by atoms with Crippen LogP contribution in [0.5, 0.6) is 0 Å². The Morgan fingerprint density at radius 3 is 2.80 bits per heavy atom. The molecule has 0 aliphatic heterocycles. The van der Waals surface area contributed by atoms with Gasteiger partial charge in [-0.15, -0.1) is 0 Å². The van der Waals surface area contributed by atoms with Crippen LogP contribution in [0.3, 0.4) is 0 Å². The average Bonchev–Trinajstić information content (AvgIpc) is 2.18. The first kappa shape index (κ1) is 11.7. The number of nitrogens with one attached hydrogen (secondary N) is 1. The summed E-state index contributed by atoms with van der Waals surface area (Å²) in [5.41, 5.74) is 5.73. The highest BCUT2D eigenvalue weighted by Gasteiger charge is 2.14. The number of carbonyl (C=O) groups is 1. The van der Waals surface area contributed by atoms with Gasteiger partial charge < -0.3 is 11.1 Å². The third kappa shape index (κ3) is 4.08. The fourth-order valence-electron chi connectivity index (χ4n) is 1.27. The molecule has 1 amide bonds. The molecule has 82 valence electrons. The highest BCUT2D eigenvalue weighted by molar-refractivity contribution is 5.93. The summed E-state index contributed by atoms with van der Waals surface area (Å²) in [7, 11) is 0. The fourth-order valence-corrected chi connectivity index (χ4v) is 1.27. The first-order valence-electron chi connectivity index (χ1n) is 5.07. The number of nitrogens with two attached hydrogens (primary N) is 1. The van der Waals surface area contributed by atoms with Crippen LogP contribution >= 0.6 is 0 Å². The summed E-state index contributed by atoms with van der Waals surface area (Å²) in [6.45, 7) is 4.07. The summed E-state index contributed by atoms with van der Waals surface area (Å²) in [5, 5.41) is 2.67. The molecule has 1 heterocycles. The molecular weight excluding hydrogens is 190 g/mol. The SMILES string of the molecule is CC(C)C[C@H](N)C(=O)Nc1ccccn1. The van der Waals surface area contributed by atoms with Gasteiger partial charge in [-0.25, -0.2) is 4.98 Å². The zero-order valence-corrected chi connectivity index (χ0v) is 9.10. The molecule has 0 bridgehead atoms. The summed E-state index contributed by atoms with van der Waals surface area (Å²) >= 11 is 0. The predicted octanol–water partition coefficient (Wildman–Crippen LogP) is 1.39. The minimum atomic E-state index is -0.466. The number of anilines is 1. The Morgan fingerprint density at radius 2 is 2.27 bits per heavy atom. The Morgan fingerprint density at radius 1 is 1.53 bits per heavy atom. The number of pyridine rings is 1. The Balaban J connectivity index is 2.49. The standard InChI is InChI=1S/C11H17N3O/c1-8(2)7-9(12)11(15)14-10-5-3-4-6-13-10/h3-6,8-9H,7,12H2,1-2H3,(H,13,14,15)/t9-/m0/s1. The third-order valence-electron chi connectivity index (χ3n) is 1.98. The molecule has 1 rings (SSSR count). The van der Waals surface area contributed by atoms with Crippen LogP contribution in [-0.2, 0) is 4.79 Å². The molecule has 1 aromatic rings. The van der Waals surface area contributed by atoms with Gasteiger partial charge in [-0.3, -0.25) is 4.79 Å². The molecule has 1 aromatic heterocycles. The van der Waals surface area contributed by atoms with Gasteiger partial charge in [0.2, 0.25) is 5.91 Å². The summed E-state index contributed by atoms with van der Waals surface area (Å²) in [6, 6.07) is 4.88. The molecule has 0 spiro atoms. The van der Waals surface area contributed by atoms with Gasteiger partial charge in [0, 0.05) is 6.20 Å². The maximum atomic E-state index is 11.6. The van der Waals surface area contributed by atoms with E-state index in [4.69, 9.17) is 5.73 Å². The fraction of sp³-hybridized carbons (Fsp3) is 0.455. The lowest BCUT2D eigenvalue weighted by Gasteiger charge is -2.13. The van der Waals surface area contributed by atoms with Crippen LogP contribution in [0.4, 0.5) is 5.82 Å². The zero-order chi connectivity index (χ0) is 11.3. The first-order chi connectivity index (χ1) is 7.09. The van der Waals surface area contributed by atoms with Crippen LogP contribution in [-0.4, -0.2) is 16.9 Å². The van der Waals surface area contributed by atoms with Crippen molar-refractivity contribution in [3.05, 3.63) is 24.4 Å². The number of carbonyl (C=O) groups excluding carboxylic acids is 1. The number of hydrogen-bond acceptors (Lipinski definition) is 3. The van der Waals surface area contributed by atoms with Gasteiger partial charge in [0.15, 0.2) is 0 Å². The summed E-state index contributed by atoms with van der Waals surface area (Å²) in [6.07, 6.45) is 2.31. The van der Waals surface area contributed by atoms with E-state index in [0.717, 1.165) is 0 Å². The molecule has 0 saturated carbocycles. The molecule has 0 unspecified atom stereocenters. The molecule has 0 fully saturated rings. The smallest absolute Gasteiger partial charge is 0.242 e. The van der Waals surface area contributed by atoms with Crippen molar-refractivity contribution in [1.82, 2.24) is 4.98 Å².